The van der Waals surface area contributed by atoms with Gasteiger partial charge in [-0.1, -0.05) is 23.7 Å². The molecule has 2 rings (SSSR count). The molecule has 5 heteroatoms. The molecule has 0 N–H and O–H groups in total. The largest absolute Gasteiger partial charge is 0.365 e. The SMILES string of the molecule is O=[N+]([O-])c1cc(Cl)c2ccccc2n1. The maximum Gasteiger partial charge on any atom is 0.365 e. The summed E-state index contributed by atoms with van der Waals surface area (Å²) in [7, 11) is 0. The molecule has 0 aliphatic carbocycles. The van der Waals surface area contributed by atoms with Gasteiger partial charge in [0, 0.05) is 5.39 Å². The van der Waals surface area contributed by atoms with Crippen LogP contribution in [0.2, 0.25) is 5.02 Å². The van der Waals surface area contributed by atoms with E-state index in [9.17, 15) is 10.1 Å². The Morgan fingerprint density at radius 1 is 1.36 bits per heavy atom. The van der Waals surface area contributed by atoms with Crippen molar-refractivity contribution in [3.63, 3.8) is 0 Å². The number of aromatic nitrogens is 1. The molecular formula is C9H5ClN2O2. The summed E-state index contributed by atoms with van der Waals surface area (Å²) >= 11 is 5.86. The van der Waals surface area contributed by atoms with E-state index >= 15 is 0 Å². The molecule has 14 heavy (non-hydrogen) atoms. The van der Waals surface area contributed by atoms with Gasteiger partial charge in [0.15, 0.2) is 5.52 Å². The summed E-state index contributed by atoms with van der Waals surface area (Å²) in [6, 6.07) is 8.28. The number of hydrogen-bond acceptors (Lipinski definition) is 3. The summed E-state index contributed by atoms with van der Waals surface area (Å²) in [6.45, 7) is 0. The van der Waals surface area contributed by atoms with Crippen LogP contribution in [0, 0.1) is 10.1 Å². The molecule has 0 atom stereocenters. The second-order valence-corrected chi connectivity index (χ2v) is 3.14. The van der Waals surface area contributed by atoms with Crippen LogP contribution in [0.5, 0.6) is 0 Å². The third kappa shape index (κ3) is 1.40. The zero-order valence-electron chi connectivity index (χ0n) is 6.98. The van der Waals surface area contributed by atoms with Crippen molar-refractivity contribution in [3.05, 3.63) is 45.5 Å². The summed E-state index contributed by atoms with van der Waals surface area (Å²) in [5.41, 5.74) is 0.534. The van der Waals surface area contributed by atoms with Crippen LogP contribution in [0.4, 0.5) is 5.82 Å². The molecule has 0 spiro atoms. The predicted octanol–water partition coefficient (Wildman–Crippen LogP) is 2.80. The Balaban J connectivity index is 2.78. The molecule has 0 radical (unpaired) electrons. The highest BCUT2D eigenvalue weighted by Crippen LogP contribution is 2.25. The lowest BCUT2D eigenvalue weighted by molar-refractivity contribution is -0.389. The molecule has 1 aromatic carbocycles. The van der Waals surface area contributed by atoms with Crippen LogP contribution in [0.25, 0.3) is 10.9 Å². The molecular weight excluding hydrogens is 204 g/mol. The summed E-state index contributed by atoms with van der Waals surface area (Å²) in [5, 5.41) is 11.6. The van der Waals surface area contributed by atoms with Gasteiger partial charge in [0.1, 0.15) is 0 Å². The van der Waals surface area contributed by atoms with E-state index in [2.05, 4.69) is 4.98 Å². The molecule has 4 nitrogen and oxygen atoms in total. The van der Waals surface area contributed by atoms with E-state index in [1.54, 1.807) is 18.2 Å². The van der Waals surface area contributed by atoms with E-state index in [0.717, 1.165) is 5.39 Å². The first-order valence-electron chi connectivity index (χ1n) is 3.88. The van der Waals surface area contributed by atoms with Crippen LogP contribution in [0.3, 0.4) is 0 Å². The molecule has 0 amide bonds. The maximum absolute atomic E-state index is 10.5. The Labute approximate surface area is 84.3 Å². The topological polar surface area (TPSA) is 56.0 Å². The summed E-state index contributed by atoms with van der Waals surface area (Å²) in [4.78, 5) is 13.8. The van der Waals surface area contributed by atoms with Gasteiger partial charge in [-0.05, 0) is 22.0 Å². The third-order valence-electron chi connectivity index (χ3n) is 1.84. The number of rotatable bonds is 1. The van der Waals surface area contributed by atoms with Gasteiger partial charge >= 0.3 is 5.82 Å². The summed E-state index contributed by atoms with van der Waals surface area (Å²) in [5.74, 6) is -0.228. The van der Waals surface area contributed by atoms with E-state index in [4.69, 9.17) is 11.6 Å². The van der Waals surface area contributed by atoms with Crippen LogP contribution in [0.1, 0.15) is 0 Å². The molecule has 0 unspecified atom stereocenters. The van der Waals surface area contributed by atoms with E-state index < -0.39 is 4.92 Å². The van der Waals surface area contributed by atoms with Crippen molar-refractivity contribution in [2.45, 2.75) is 0 Å². The first-order valence-corrected chi connectivity index (χ1v) is 4.26. The average Bonchev–Trinajstić information content (AvgIpc) is 2.17. The second-order valence-electron chi connectivity index (χ2n) is 2.74. The number of nitro groups is 1. The number of hydrogen-bond donors (Lipinski definition) is 0. The van der Waals surface area contributed by atoms with Crippen LogP contribution < -0.4 is 0 Å². The van der Waals surface area contributed by atoms with Crippen molar-refractivity contribution >= 4 is 28.3 Å². The fourth-order valence-electron chi connectivity index (χ4n) is 1.21. The Morgan fingerprint density at radius 2 is 2.07 bits per heavy atom. The van der Waals surface area contributed by atoms with Gasteiger partial charge < -0.3 is 10.1 Å². The number of para-hydroxylation sites is 1. The highest BCUT2D eigenvalue weighted by atomic mass is 35.5. The van der Waals surface area contributed by atoms with Crippen LogP contribution in [0.15, 0.2) is 30.3 Å². The highest BCUT2D eigenvalue weighted by molar-refractivity contribution is 6.35. The Hall–Kier alpha value is -1.68. The quantitative estimate of drug-likeness (QED) is 0.535. The van der Waals surface area contributed by atoms with E-state index in [0.29, 0.717) is 10.5 Å². The van der Waals surface area contributed by atoms with Gasteiger partial charge in [0.05, 0.1) is 11.1 Å². The molecule has 70 valence electrons. The van der Waals surface area contributed by atoms with Crippen LogP contribution in [-0.2, 0) is 0 Å². The third-order valence-corrected chi connectivity index (χ3v) is 2.15. The smallest absolute Gasteiger partial charge is 0.358 e. The highest BCUT2D eigenvalue weighted by Gasteiger charge is 2.12. The lowest BCUT2D eigenvalue weighted by Crippen LogP contribution is -1.92. The molecule has 0 aliphatic heterocycles. The van der Waals surface area contributed by atoms with Crippen LogP contribution in [-0.4, -0.2) is 9.91 Å². The first kappa shape index (κ1) is 8.90. The van der Waals surface area contributed by atoms with Gasteiger partial charge in [-0.2, -0.15) is 0 Å². The monoisotopic (exact) mass is 208 g/mol. The van der Waals surface area contributed by atoms with Gasteiger partial charge in [-0.3, -0.25) is 0 Å². The molecule has 2 aromatic rings. The zero-order chi connectivity index (χ0) is 10.1. The zero-order valence-corrected chi connectivity index (χ0v) is 7.73. The standard InChI is InChI=1S/C9H5ClN2O2/c10-7-5-9(12(13)14)11-8-4-2-1-3-6(7)8/h1-5H. The number of pyridine rings is 1. The summed E-state index contributed by atoms with van der Waals surface area (Å²) in [6.07, 6.45) is 0. The lowest BCUT2D eigenvalue weighted by atomic mass is 10.2. The number of nitrogens with zero attached hydrogens (tertiary/aromatic N) is 2. The number of fused-ring (bicyclic) bond motifs is 1. The summed E-state index contributed by atoms with van der Waals surface area (Å²) < 4.78 is 0. The van der Waals surface area contributed by atoms with E-state index in [1.165, 1.54) is 6.07 Å². The normalized spacial score (nSPS) is 10.4. The molecule has 0 bridgehead atoms. The fraction of sp³-hybridized carbons (Fsp3) is 0. The average molecular weight is 209 g/mol. The van der Waals surface area contributed by atoms with Gasteiger partial charge in [-0.15, -0.1) is 0 Å². The minimum atomic E-state index is -0.557. The Bertz CT molecular complexity index is 513. The van der Waals surface area contributed by atoms with Gasteiger partial charge in [0.2, 0.25) is 0 Å². The van der Waals surface area contributed by atoms with Crippen molar-refractivity contribution < 1.29 is 4.92 Å². The second kappa shape index (κ2) is 3.23. The molecule has 0 aliphatic rings. The van der Waals surface area contributed by atoms with Gasteiger partial charge in [-0.25, -0.2) is 0 Å². The molecule has 0 fully saturated rings. The van der Waals surface area contributed by atoms with Crippen molar-refractivity contribution in [3.8, 4) is 0 Å². The predicted molar refractivity (Wildman–Crippen MR) is 53.4 cm³/mol. The fourth-order valence-corrected chi connectivity index (χ4v) is 1.47. The van der Waals surface area contributed by atoms with Gasteiger partial charge in [0.25, 0.3) is 0 Å². The first-order chi connectivity index (χ1) is 6.68. The van der Waals surface area contributed by atoms with E-state index in [-0.39, 0.29) is 5.82 Å². The molecule has 0 saturated heterocycles. The van der Waals surface area contributed by atoms with Crippen molar-refractivity contribution in [2.75, 3.05) is 0 Å². The molecule has 0 saturated carbocycles. The Morgan fingerprint density at radius 3 is 2.79 bits per heavy atom. The number of benzene rings is 1. The lowest BCUT2D eigenvalue weighted by Gasteiger charge is -1.96. The number of halogens is 1. The van der Waals surface area contributed by atoms with E-state index in [1.807, 2.05) is 6.07 Å². The Kier molecular flexibility index (Phi) is 2.05. The van der Waals surface area contributed by atoms with Crippen molar-refractivity contribution in [1.82, 2.24) is 4.98 Å². The molecule has 1 aromatic heterocycles. The van der Waals surface area contributed by atoms with Crippen molar-refractivity contribution in [2.24, 2.45) is 0 Å². The molecule has 1 heterocycles. The maximum atomic E-state index is 10.5. The minimum absolute atomic E-state index is 0.228. The van der Waals surface area contributed by atoms with Crippen molar-refractivity contribution in [1.29, 1.82) is 0 Å². The van der Waals surface area contributed by atoms with Crippen LogP contribution >= 0.6 is 11.6 Å². The minimum Gasteiger partial charge on any atom is -0.358 e.